The largest absolute Gasteiger partial charge is 0.507 e. The number of hydrogen-bond acceptors (Lipinski definition) is 8. The predicted octanol–water partition coefficient (Wildman–Crippen LogP) is 1.83. The van der Waals surface area contributed by atoms with Crippen molar-refractivity contribution in [1.29, 1.82) is 0 Å². The van der Waals surface area contributed by atoms with Gasteiger partial charge in [0.25, 0.3) is 0 Å². The van der Waals surface area contributed by atoms with Crippen LogP contribution in [0.1, 0.15) is 17.1 Å². The van der Waals surface area contributed by atoms with Crippen LogP contribution >= 0.6 is 0 Å². The number of aromatic amines is 1. The zero-order valence-corrected chi connectivity index (χ0v) is 14.8. The number of rotatable bonds is 5. The van der Waals surface area contributed by atoms with Crippen LogP contribution < -0.4 is 5.63 Å². The van der Waals surface area contributed by atoms with Crippen LogP contribution in [0, 0.1) is 6.92 Å². The van der Waals surface area contributed by atoms with Crippen LogP contribution in [0.25, 0.3) is 11.4 Å². The lowest BCUT2D eigenvalue weighted by Crippen LogP contribution is -2.07. The highest BCUT2D eigenvalue weighted by atomic mass is 16.4. The molecule has 0 radical (unpaired) electrons. The zero-order chi connectivity index (χ0) is 19.5. The number of aliphatic imine (C=N–C) groups is 1. The van der Waals surface area contributed by atoms with Gasteiger partial charge in [-0.1, -0.05) is 0 Å². The monoisotopic (exact) mass is 377 g/mol. The van der Waals surface area contributed by atoms with Gasteiger partial charge in [0.05, 0.1) is 5.69 Å². The first-order valence-electron chi connectivity index (χ1n) is 8.30. The molecule has 0 saturated heterocycles. The van der Waals surface area contributed by atoms with Gasteiger partial charge in [0, 0.05) is 17.8 Å². The third-order valence-corrected chi connectivity index (χ3v) is 3.87. The van der Waals surface area contributed by atoms with Crippen molar-refractivity contribution in [3.05, 3.63) is 70.6 Å². The summed E-state index contributed by atoms with van der Waals surface area (Å²) in [5.41, 5.74) is 0.763. The summed E-state index contributed by atoms with van der Waals surface area (Å²) in [5.74, 6) is 1.36. The normalized spacial score (nSPS) is 11.3. The smallest absolute Gasteiger partial charge is 0.348 e. The van der Waals surface area contributed by atoms with E-state index in [2.05, 4.69) is 30.3 Å². The molecule has 2 N–H and O–H groups in total. The molecule has 0 fully saturated rings. The Morgan fingerprint density at radius 1 is 1.32 bits per heavy atom. The fraction of sp³-hybridized carbons (Fsp3) is 0.111. The highest BCUT2D eigenvalue weighted by Gasteiger charge is 2.08. The summed E-state index contributed by atoms with van der Waals surface area (Å²) < 4.78 is 6.60. The van der Waals surface area contributed by atoms with Gasteiger partial charge in [-0.05, 0) is 31.2 Å². The standard InChI is InChI=1S/C18H15N7O3/c1-11-6-15(26)14(18(27)28-11)7-20-13-4-2-12(3-5-13)17-22-16(23-24-17)8-25-10-19-9-21-25/h2-7,9-10,26H,8H2,1H3,(H,22,23,24). The minimum Gasteiger partial charge on any atom is -0.507 e. The third kappa shape index (κ3) is 3.70. The molecule has 0 unspecified atom stereocenters. The second kappa shape index (κ2) is 7.27. The van der Waals surface area contributed by atoms with Crippen molar-refractivity contribution in [1.82, 2.24) is 29.9 Å². The van der Waals surface area contributed by atoms with Gasteiger partial charge in [0.15, 0.2) is 5.82 Å². The average Bonchev–Trinajstić information content (AvgIpc) is 3.34. The number of H-pyrrole nitrogens is 1. The van der Waals surface area contributed by atoms with Gasteiger partial charge in [-0.3, -0.25) is 10.1 Å². The van der Waals surface area contributed by atoms with Gasteiger partial charge in [0.1, 0.15) is 42.1 Å². The molecule has 10 heteroatoms. The van der Waals surface area contributed by atoms with Crippen LogP contribution in [0.5, 0.6) is 5.75 Å². The molecule has 28 heavy (non-hydrogen) atoms. The first-order chi connectivity index (χ1) is 13.6. The van der Waals surface area contributed by atoms with Gasteiger partial charge in [-0.2, -0.15) is 10.2 Å². The van der Waals surface area contributed by atoms with E-state index in [-0.39, 0.29) is 11.3 Å². The first-order valence-corrected chi connectivity index (χ1v) is 8.30. The van der Waals surface area contributed by atoms with Gasteiger partial charge < -0.3 is 9.52 Å². The Bertz CT molecular complexity index is 1170. The Hall–Kier alpha value is -4.08. The molecule has 0 atom stereocenters. The summed E-state index contributed by atoms with van der Waals surface area (Å²) in [6, 6.07) is 8.50. The lowest BCUT2D eigenvalue weighted by atomic mass is 10.2. The Morgan fingerprint density at radius 2 is 2.14 bits per heavy atom. The van der Waals surface area contributed by atoms with Crippen LogP contribution in [0.2, 0.25) is 0 Å². The molecular formula is C18H15N7O3. The van der Waals surface area contributed by atoms with Crippen molar-refractivity contribution in [3.8, 4) is 17.1 Å². The van der Waals surface area contributed by atoms with Crippen molar-refractivity contribution >= 4 is 11.9 Å². The first kappa shape index (κ1) is 17.3. The molecule has 3 aromatic heterocycles. The second-order valence-electron chi connectivity index (χ2n) is 5.95. The van der Waals surface area contributed by atoms with E-state index < -0.39 is 5.63 Å². The molecule has 1 aromatic carbocycles. The van der Waals surface area contributed by atoms with E-state index in [0.717, 1.165) is 5.56 Å². The molecule has 0 bridgehead atoms. The molecule has 140 valence electrons. The quantitative estimate of drug-likeness (QED) is 0.506. The molecule has 0 amide bonds. The van der Waals surface area contributed by atoms with Gasteiger partial charge in [-0.25, -0.2) is 19.4 Å². The molecule has 0 aliphatic heterocycles. The third-order valence-electron chi connectivity index (χ3n) is 3.87. The summed E-state index contributed by atoms with van der Waals surface area (Å²) in [7, 11) is 0. The van der Waals surface area contributed by atoms with E-state index in [4.69, 9.17) is 4.42 Å². The van der Waals surface area contributed by atoms with Gasteiger partial charge >= 0.3 is 5.63 Å². The fourth-order valence-electron chi connectivity index (χ4n) is 2.52. The van der Waals surface area contributed by atoms with Crippen molar-refractivity contribution < 1.29 is 9.52 Å². The average molecular weight is 377 g/mol. The van der Waals surface area contributed by atoms with Crippen molar-refractivity contribution in [2.75, 3.05) is 0 Å². The second-order valence-corrected chi connectivity index (χ2v) is 5.95. The Balaban J connectivity index is 1.50. The number of nitrogens with zero attached hydrogens (tertiary/aromatic N) is 6. The SMILES string of the molecule is Cc1cc(O)c(C=Nc2ccc(-c3n[nH]c(Cn4cncn4)n3)cc2)c(=O)o1. The Morgan fingerprint density at radius 3 is 2.86 bits per heavy atom. The minimum absolute atomic E-state index is 0.00129. The maximum Gasteiger partial charge on any atom is 0.348 e. The Kier molecular flexibility index (Phi) is 4.50. The van der Waals surface area contributed by atoms with E-state index in [0.29, 0.717) is 29.6 Å². The summed E-state index contributed by atoms with van der Waals surface area (Å²) in [5, 5.41) is 20.9. The summed E-state index contributed by atoms with van der Waals surface area (Å²) in [4.78, 5) is 24.3. The Labute approximate surface area is 158 Å². The van der Waals surface area contributed by atoms with E-state index in [1.165, 1.54) is 18.6 Å². The minimum atomic E-state index is -0.640. The fourth-order valence-corrected chi connectivity index (χ4v) is 2.52. The molecule has 0 aliphatic carbocycles. The maximum atomic E-state index is 11.8. The molecule has 3 heterocycles. The topological polar surface area (TPSA) is 135 Å². The van der Waals surface area contributed by atoms with Crippen molar-refractivity contribution in [3.63, 3.8) is 0 Å². The maximum absolute atomic E-state index is 11.8. The highest BCUT2D eigenvalue weighted by molar-refractivity contribution is 5.84. The lowest BCUT2D eigenvalue weighted by molar-refractivity contribution is 0.433. The van der Waals surface area contributed by atoms with Gasteiger partial charge in [-0.15, -0.1) is 0 Å². The van der Waals surface area contributed by atoms with Crippen LogP contribution in [0.4, 0.5) is 5.69 Å². The van der Waals surface area contributed by atoms with E-state index in [1.807, 2.05) is 12.1 Å². The summed E-state index contributed by atoms with van der Waals surface area (Å²) in [6.45, 7) is 2.03. The number of aryl methyl sites for hydroxylation is 1. The molecule has 0 aliphatic rings. The summed E-state index contributed by atoms with van der Waals surface area (Å²) in [6.07, 6.45) is 4.33. The number of nitrogens with one attached hydrogen (secondary N) is 1. The predicted molar refractivity (Wildman–Crippen MR) is 99.6 cm³/mol. The van der Waals surface area contributed by atoms with Crippen molar-refractivity contribution in [2.24, 2.45) is 4.99 Å². The molecule has 4 rings (SSSR count). The number of benzene rings is 1. The number of hydrogen-bond donors (Lipinski definition) is 2. The number of aromatic nitrogens is 6. The van der Waals surface area contributed by atoms with E-state index in [1.54, 1.807) is 30.1 Å². The van der Waals surface area contributed by atoms with Crippen molar-refractivity contribution in [2.45, 2.75) is 13.5 Å². The van der Waals surface area contributed by atoms with Crippen LogP contribution in [-0.2, 0) is 6.54 Å². The van der Waals surface area contributed by atoms with Crippen LogP contribution in [0.15, 0.2) is 57.2 Å². The molecule has 10 nitrogen and oxygen atoms in total. The number of aromatic hydroxyl groups is 1. The molecular weight excluding hydrogens is 362 g/mol. The van der Waals surface area contributed by atoms with Crippen LogP contribution in [-0.4, -0.2) is 41.3 Å². The molecule has 4 aromatic rings. The molecule has 0 saturated carbocycles. The highest BCUT2D eigenvalue weighted by Crippen LogP contribution is 2.20. The van der Waals surface area contributed by atoms with Crippen LogP contribution in [0.3, 0.4) is 0 Å². The van der Waals surface area contributed by atoms with E-state index in [9.17, 15) is 9.90 Å². The molecule has 0 spiro atoms. The zero-order valence-electron chi connectivity index (χ0n) is 14.8. The summed E-state index contributed by atoms with van der Waals surface area (Å²) >= 11 is 0. The lowest BCUT2D eigenvalue weighted by Gasteiger charge is -1.99. The van der Waals surface area contributed by atoms with Gasteiger partial charge in [0.2, 0.25) is 0 Å². The van der Waals surface area contributed by atoms with E-state index >= 15 is 0 Å².